The molecule has 1 aliphatic rings. The Kier molecular flexibility index (Phi) is 5.11. The molecule has 6 rings (SSSR count). The molecule has 0 saturated carbocycles. The van der Waals surface area contributed by atoms with Gasteiger partial charge in [-0.3, -0.25) is 4.79 Å². The highest BCUT2D eigenvalue weighted by atomic mass is 16.7. The van der Waals surface area contributed by atoms with Gasteiger partial charge in [-0.1, -0.05) is 42.5 Å². The van der Waals surface area contributed by atoms with Gasteiger partial charge in [-0.05, 0) is 42.8 Å². The molecule has 2 aromatic carbocycles. The van der Waals surface area contributed by atoms with Gasteiger partial charge in [0.2, 0.25) is 6.79 Å². The number of nitrogens with one attached hydrogen (secondary N) is 1. The molecule has 0 radical (unpaired) electrons. The predicted octanol–water partition coefficient (Wildman–Crippen LogP) is 4.45. The Labute approximate surface area is 201 Å². The number of fused-ring (bicyclic) bond motifs is 2. The van der Waals surface area contributed by atoms with E-state index >= 15 is 0 Å². The van der Waals surface area contributed by atoms with E-state index in [0.717, 1.165) is 11.1 Å². The van der Waals surface area contributed by atoms with Crippen LogP contribution < -0.4 is 14.8 Å². The van der Waals surface area contributed by atoms with Gasteiger partial charge in [0, 0.05) is 18.3 Å². The van der Waals surface area contributed by atoms with Crippen LogP contribution in [-0.4, -0.2) is 32.4 Å². The number of carbonyl (C=O) groups is 1. The maximum absolute atomic E-state index is 13.5. The molecular formula is C27H21N5O3. The number of pyridine rings is 2. The summed E-state index contributed by atoms with van der Waals surface area (Å²) in [6.07, 6.45) is 1.71. The minimum atomic E-state index is -0.212. The van der Waals surface area contributed by atoms with Crippen LogP contribution >= 0.6 is 0 Å². The van der Waals surface area contributed by atoms with Gasteiger partial charge in [-0.2, -0.15) is 9.78 Å². The topological polar surface area (TPSA) is 91.2 Å². The maximum atomic E-state index is 13.5. The van der Waals surface area contributed by atoms with E-state index in [4.69, 9.17) is 14.5 Å². The van der Waals surface area contributed by atoms with Crippen LogP contribution in [0, 0.1) is 6.92 Å². The number of hydrogen-bond donors (Lipinski definition) is 1. The average molecular weight is 463 g/mol. The smallest absolute Gasteiger partial charge is 0.252 e. The van der Waals surface area contributed by atoms with Crippen LogP contribution in [0.15, 0.2) is 79.0 Å². The third-order valence-corrected chi connectivity index (χ3v) is 5.88. The Hall–Kier alpha value is -4.72. The van der Waals surface area contributed by atoms with E-state index in [1.54, 1.807) is 10.9 Å². The largest absolute Gasteiger partial charge is 0.454 e. The lowest BCUT2D eigenvalue weighted by atomic mass is 10.0. The summed E-state index contributed by atoms with van der Waals surface area (Å²) in [7, 11) is 0. The van der Waals surface area contributed by atoms with E-state index in [1.165, 1.54) is 0 Å². The predicted molar refractivity (Wildman–Crippen MR) is 131 cm³/mol. The molecule has 3 aromatic heterocycles. The molecule has 8 heteroatoms. The fourth-order valence-corrected chi connectivity index (χ4v) is 4.19. The Morgan fingerprint density at radius 1 is 1.00 bits per heavy atom. The molecule has 1 N–H and O–H groups in total. The van der Waals surface area contributed by atoms with Gasteiger partial charge in [0.15, 0.2) is 23.0 Å². The van der Waals surface area contributed by atoms with Crippen molar-refractivity contribution < 1.29 is 14.3 Å². The van der Waals surface area contributed by atoms with Crippen LogP contribution in [-0.2, 0) is 6.54 Å². The van der Waals surface area contributed by atoms with Crippen molar-refractivity contribution in [2.45, 2.75) is 13.5 Å². The summed E-state index contributed by atoms with van der Waals surface area (Å²) in [4.78, 5) is 22.8. The zero-order valence-electron chi connectivity index (χ0n) is 18.9. The van der Waals surface area contributed by atoms with Crippen LogP contribution in [0.25, 0.3) is 28.1 Å². The molecule has 4 heterocycles. The van der Waals surface area contributed by atoms with Gasteiger partial charge in [-0.15, -0.1) is 0 Å². The summed E-state index contributed by atoms with van der Waals surface area (Å²) in [6, 6.07) is 22.8. The van der Waals surface area contributed by atoms with Gasteiger partial charge in [0.25, 0.3) is 5.91 Å². The van der Waals surface area contributed by atoms with Gasteiger partial charge in [0.05, 0.1) is 22.3 Å². The first kappa shape index (κ1) is 20.9. The Morgan fingerprint density at radius 2 is 1.83 bits per heavy atom. The van der Waals surface area contributed by atoms with Crippen LogP contribution in [0.3, 0.4) is 0 Å². The van der Waals surface area contributed by atoms with Crippen LogP contribution in [0.5, 0.6) is 11.5 Å². The molecule has 1 aliphatic heterocycles. The van der Waals surface area contributed by atoms with E-state index in [1.807, 2.05) is 79.7 Å². The van der Waals surface area contributed by atoms with Crippen molar-refractivity contribution in [3.63, 3.8) is 0 Å². The third kappa shape index (κ3) is 3.85. The maximum Gasteiger partial charge on any atom is 0.252 e. The molecule has 35 heavy (non-hydrogen) atoms. The van der Waals surface area contributed by atoms with Gasteiger partial charge >= 0.3 is 0 Å². The summed E-state index contributed by atoms with van der Waals surface area (Å²) >= 11 is 0. The SMILES string of the molecule is Cc1nn(-c2ccccn2)c2nc(-c3ccccc3)cc(C(=O)NCc3ccc4c(c3)OCO4)c12. The first-order valence-corrected chi connectivity index (χ1v) is 11.2. The minimum absolute atomic E-state index is 0.210. The van der Waals surface area contributed by atoms with E-state index in [0.29, 0.717) is 51.8 Å². The number of benzene rings is 2. The molecule has 0 bridgehead atoms. The van der Waals surface area contributed by atoms with Crippen molar-refractivity contribution in [3.8, 4) is 28.6 Å². The zero-order valence-corrected chi connectivity index (χ0v) is 18.9. The monoisotopic (exact) mass is 463 g/mol. The molecular weight excluding hydrogens is 442 g/mol. The molecule has 1 amide bonds. The number of ether oxygens (including phenoxy) is 2. The normalized spacial score (nSPS) is 12.1. The van der Waals surface area contributed by atoms with Crippen LogP contribution in [0.1, 0.15) is 21.6 Å². The first-order chi connectivity index (χ1) is 17.2. The Morgan fingerprint density at radius 3 is 2.66 bits per heavy atom. The lowest BCUT2D eigenvalue weighted by Gasteiger charge is -2.10. The number of carbonyl (C=O) groups excluding carboxylic acids is 1. The summed E-state index contributed by atoms with van der Waals surface area (Å²) in [5, 5.41) is 8.41. The Balaban J connectivity index is 1.42. The summed E-state index contributed by atoms with van der Waals surface area (Å²) in [5.41, 5.74) is 4.29. The molecule has 0 spiro atoms. The number of nitrogens with zero attached hydrogens (tertiary/aromatic N) is 4. The fraction of sp³-hybridized carbons (Fsp3) is 0.111. The van der Waals surface area contributed by atoms with E-state index in [9.17, 15) is 4.79 Å². The molecule has 8 nitrogen and oxygen atoms in total. The van der Waals surface area contributed by atoms with Crippen molar-refractivity contribution >= 4 is 16.9 Å². The Bertz CT molecular complexity index is 1550. The average Bonchev–Trinajstić information content (AvgIpc) is 3.51. The number of aromatic nitrogens is 4. The standard InChI is InChI=1S/C27H21N5O3/c1-17-25-20(27(33)29-15-18-10-11-22-23(13-18)35-16-34-22)14-21(19-7-3-2-4-8-19)30-26(25)32(31-17)24-9-5-6-12-28-24/h2-14H,15-16H2,1H3,(H,29,33). The highest BCUT2D eigenvalue weighted by Gasteiger charge is 2.21. The van der Waals surface area contributed by atoms with E-state index in [-0.39, 0.29) is 12.7 Å². The number of aryl methyl sites for hydroxylation is 1. The highest BCUT2D eigenvalue weighted by Crippen LogP contribution is 2.33. The minimum Gasteiger partial charge on any atom is -0.454 e. The second kappa shape index (κ2) is 8.57. The van der Waals surface area contributed by atoms with Crippen LogP contribution in [0.2, 0.25) is 0 Å². The van der Waals surface area contributed by atoms with Crippen molar-refractivity contribution in [2.75, 3.05) is 6.79 Å². The zero-order chi connectivity index (χ0) is 23.8. The highest BCUT2D eigenvalue weighted by molar-refractivity contribution is 6.07. The van der Waals surface area contributed by atoms with Gasteiger partial charge in [0.1, 0.15) is 0 Å². The molecule has 0 saturated heterocycles. The van der Waals surface area contributed by atoms with Crippen molar-refractivity contribution in [1.29, 1.82) is 0 Å². The quantitative estimate of drug-likeness (QED) is 0.414. The second-order valence-corrected chi connectivity index (χ2v) is 8.18. The first-order valence-electron chi connectivity index (χ1n) is 11.2. The second-order valence-electron chi connectivity index (χ2n) is 8.18. The molecule has 0 atom stereocenters. The molecule has 0 fully saturated rings. The van der Waals surface area contributed by atoms with Crippen LogP contribution in [0.4, 0.5) is 0 Å². The third-order valence-electron chi connectivity index (χ3n) is 5.88. The summed E-state index contributed by atoms with van der Waals surface area (Å²) < 4.78 is 12.5. The van der Waals surface area contributed by atoms with E-state index in [2.05, 4.69) is 15.4 Å². The number of rotatable bonds is 5. The van der Waals surface area contributed by atoms with Gasteiger partial charge < -0.3 is 14.8 Å². The number of amides is 1. The van der Waals surface area contributed by atoms with Crippen molar-refractivity contribution in [1.82, 2.24) is 25.1 Å². The van der Waals surface area contributed by atoms with Crippen molar-refractivity contribution in [3.05, 3.63) is 95.8 Å². The summed E-state index contributed by atoms with van der Waals surface area (Å²) in [5.74, 6) is 1.81. The summed E-state index contributed by atoms with van der Waals surface area (Å²) in [6.45, 7) is 2.43. The lowest BCUT2D eigenvalue weighted by molar-refractivity contribution is 0.0952. The number of hydrogen-bond acceptors (Lipinski definition) is 6. The van der Waals surface area contributed by atoms with E-state index < -0.39 is 0 Å². The van der Waals surface area contributed by atoms with Crippen molar-refractivity contribution in [2.24, 2.45) is 0 Å². The molecule has 172 valence electrons. The molecule has 0 unspecified atom stereocenters. The molecule has 0 aliphatic carbocycles. The fourth-order valence-electron chi connectivity index (χ4n) is 4.19. The molecule has 5 aromatic rings. The lowest BCUT2D eigenvalue weighted by Crippen LogP contribution is -2.23. The van der Waals surface area contributed by atoms with Gasteiger partial charge in [-0.25, -0.2) is 9.97 Å².